The van der Waals surface area contributed by atoms with Crippen LogP contribution in [0.1, 0.15) is 23.7 Å². The summed E-state index contributed by atoms with van der Waals surface area (Å²) in [6.07, 6.45) is 2.06. The first-order valence-corrected chi connectivity index (χ1v) is 6.99. The Morgan fingerprint density at radius 2 is 2.20 bits per heavy atom. The van der Waals surface area contributed by atoms with Gasteiger partial charge in [-0.3, -0.25) is 4.79 Å². The third kappa shape index (κ3) is 3.45. The first-order valence-electron chi connectivity index (χ1n) is 6.99. The van der Waals surface area contributed by atoms with E-state index in [0.29, 0.717) is 31.0 Å². The maximum Gasteiger partial charge on any atom is 0.257 e. The molecule has 0 atom stereocenters. The summed E-state index contributed by atoms with van der Waals surface area (Å²) < 4.78 is 13.4. The molecule has 0 aromatic carbocycles. The maximum atomic E-state index is 13.4. The van der Waals surface area contributed by atoms with Crippen molar-refractivity contribution in [3.8, 4) is 0 Å². The number of nitrogens with zero attached hydrogens (tertiary/aromatic N) is 3. The summed E-state index contributed by atoms with van der Waals surface area (Å²) in [6.45, 7) is 5.74. The zero-order chi connectivity index (χ0) is 14.5. The van der Waals surface area contributed by atoms with Gasteiger partial charge in [-0.05, 0) is 33.0 Å². The lowest BCUT2D eigenvalue weighted by molar-refractivity contribution is 0.0763. The first-order chi connectivity index (χ1) is 9.61. The molecule has 2 heterocycles. The summed E-state index contributed by atoms with van der Waals surface area (Å²) in [5.41, 5.74) is 0.316. The van der Waals surface area contributed by atoms with Crippen LogP contribution in [0, 0.1) is 5.82 Å². The van der Waals surface area contributed by atoms with E-state index in [1.807, 2.05) is 14.0 Å². The molecule has 1 fully saturated rings. The lowest BCUT2D eigenvalue weighted by Crippen LogP contribution is -2.35. The molecule has 1 saturated heterocycles. The molecule has 0 spiro atoms. The fourth-order valence-corrected chi connectivity index (χ4v) is 2.33. The Morgan fingerprint density at radius 1 is 1.40 bits per heavy atom. The molecular weight excluding hydrogens is 259 g/mol. The van der Waals surface area contributed by atoms with Crippen molar-refractivity contribution in [2.45, 2.75) is 13.3 Å². The molecule has 1 aromatic rings. The average Bonchev–Trinajstić information content (AvgIpc) is 2.65. The Balaban J connectivity index is 2.21. The van der Waals surface area contributed by atoms with Crippen LogP contribution < -0.4 is 5.32 Å². The number of likely N-dealkylation sites (N-methyl/N-ethyl adjacent to an activating group) is 1. The molecule has 1 aliphatic rings. The molecular formula is C14H21FN4O. The number of nitrogens with one attached hydrogen (secondary N) is 1. The molecule has 20 heavy (non-hydrogen) atoms. The molecule has 1 N–H and O–H groups in total. The van der Waals surface area contributed by atoms with Crippen molar-refractivity contribution < 1.29 is 9.18 Å². The van der Waals surface area contributed by atoms with Gasteiger partial charge in [0.05, 0.1) is 11.8 Å². The highest BCUT2D eigenvalue weighted by atomic mass is 19.1. The van der Waals surface area contributed by atoms with Crippen LogP contribution in [0.4, 0.5) is 10.2 Å². The Bertz CT molecular complexity index is 480. The molecule has 0 saturated carbocycles. The summed E-state index contributed by atoms with van der Waals surface area (Å²) in [4.78, 5) is 20.5. The van der Waals surface area contributed by atoms with Gasteiger partial charge in [0.25, 0.3) is 5.91 Å². The van der Waals surface area contributed by atoms with Crippen molar-refractivity contribution in [1.29, 1.82) is 0 Å². The van der Waals surface area contributed by atoms with E-state index in [4.69, 9.17) is 0 Å². The number of hydrogen-bond acceptors (Lipinski definition) is 4. The first kappa shape index (κ1) is 14.7. The van der Waals surface area contributed by atoms with Crippen molar-refractivity contribution in [2.75, 3.05) is 45.1 Å². The molecule has 110 valence electrons. The minimum Gasteiger partial charge on any atom is -0.370 e. The van der Waals surface area contributed by atoms with Gasteiger partial charge >= 0.3 is 0 Å². The van der Waals surface area contributed by atoms with Crippen molar-refractivity contribution in [2.24, 2.45) is 0 Å². The van der Waals surface area contributed by atoms with Gasteiger partial charge < -0.3 is 15.1 Å². The molecule has 6 heteroatoms. The third-order valence-corrected chi connectivity index (χ3v) is 3.44. The van der Waals surface area contributed by atoms with E-state index in [9.17, 15) is 9.18 Å². The number of hydrogen-bond donors (Lipinski definition) is 1. The second kappa shape index (κ2) is 6.65. The van der Waals surface area contributed by atoms with E-state index >= 15 is 0 Å². The molecule has 2 rings (SSSR count). The number of amides is 1. The molecule has 1 aliphatic heterocycles. The highest BCUT2D eigenvalue weighted by Gasteiger charge is 2.22. The van der Waals surface area contributed by atoms with E-state index in [1.54, 1.807) is 4.90 Å². The van der Waals surface area contributed by atoms with E-state index in [2.05, 4.69) is 15.2 Å². The van der Waals surface area contributed by atoms with E-state index in [0.717, 1.165) is 25.7 Å². The minimum atomic E-state index is -0.484. The Hall–Kier alpha value is -1.69. The van der Waals surface area contributed by atoms with Gasteiger partial charge in [0.15, 0.2) is 0 Å². The van der Waals surface area contributed by atoms with Gasteiger partial charge in [-0.25, -0.2) is 9.37 Å². The molecule has 5 nitrogen and oxygen atoms in total. The van der Waals surface area contributed by atoms with Crippen LogP contribution in [0.15, 0.2) is 12.3 Å². The highest BCUT2D eigenvalue weighted by molar-refractivity contribution is 5.98. The van der Waals surface area contributed by atoms with Gasteiger partial charge in [-0.2, -0.15) is 0 Å². The number of rotatable bonds is 3. The summed E-state index contributed by atoms with van der Waals surface area (Å²) in [5, 5.41) is 3.01. The molecule has 0 aliphatic carbocycles. The Kier molecular flexibility index (Phi) is 4.89. The molecule has 0 unspecified atom stereocenters. The smallest absolute Gasteiger partial charge is 0.257 e. The Labute approximate surface area is 118 Å². The predicted molar refractivity (Wildman–Crippen MR) is 76.4 cm³/mol. The minimum absolute atomic E-state index is 0.150. The van der Waals surface area contributed by atoms with E-state index in [1.165, 1.54) is 6.07 Å². The lowest BCUT2D eigenvalue weighted by atomic mass is 10.2. The van der Waals surface area contributed by atoms with Crippen molar-refractivity contribution in [3.05, 3.63) is 23.6 Å². The SMILES string of the molecule is CCNc1ncc(F)cc1C(=O)N1CCCN(C)CC1. The lowest BCUT2D eigenvalue weighted by Gasteiger charge is -2.21. The molecule has 0 bridgehead atoms. The van der Waals surface area contributed by atoms with Crippen molar-refractivity contribution in [1.82, 2.24) is 14.8 Å². The van der Waals surface area contributed by atoms with E-state index < -0.39 is 5.82 Å². The van der Waals surface area contributed by atoms with Gasteiger partial charge in [0.2, 0.25) is 0 Å². The number of pyridine rings is 1. The van der Waals surface area contributed by atoms with E-state index in [-0.39, 0.29) is 5.91 Å². The van der Waals surface area contributed by atoms with Crippen molar-refractivity contribution in [3.63, 3.8) is 0 Å². The fraction of sp³-hybridized carbons (Fsp3) is 0.571. The predicted octanol–water partition coefficient (Wildman–Crippen LogP) is 1.43. The summed E-state index contributed by atoms with van der Waals surface area (Å²) in [6, 6.07) is 1.27. The van der Waals surface area contributed by atoms with Gasteiger partial charge in [-0.1, -0.05) is 0 Å². The quantitative estimate of drug-likeness (QED) is 0.910. The summed E-state index contributed by atoms with van der Waals surface area (Å²) in [5.74, 6) is -0.179. The average molecular weight is 280 g/mol. The van der Waals surface area contributed by atoms with Crippen LogP contribution in [0.25, 0.3) is 0 Å². The van der Waals surface area contributed by atoms with Gasteiger partial charge in [0, 0.05) is 26.2 Å². The fourth-order valence-electron chi connectivity index (χ4n) is 2.33. The van der Waals surface area contributed by atoms with Crippen LogP contribution in [0.5, 0.6) is 0 Å². The number of halogens is 1. The zero-order valence-corrected chi connectivity index (χ0v) is 12.0. The number of anilines is 1. The van der Waals surface area contributed by atoms with Crippen LogP contribution >= 0.6 is 0 Å². The van der Waals surface area contributed by atoms with Gasteiger partial charge in [-0.15, -0.1) is 0 Å². The second-order valence-electron chi connectivity index (χ2n) is 5.03. The molecule has 1 aromatic heterocycles. The van der Waals surface area contributed by atoms with Crippen LogP contribution in [0.3, 0.4) is 0 Å². The maximum absolute atomic E-state index is 13.4. The normalized spacial score (nSPS) is 16.9. The summed E-state index contributed by atoms with van der Waals surface area (Å²) in [7, 11) is 2.04. The highest BCUT2D eigenvalue weighted by Crippen LogP contribution is 2.17. The molecule has 0 radical (unpaired) electrons. The van der Waals surface area contributed by atoms with Crippen LogP contribution in [0.2, 0.25) is 0 Å². The second-order valence-corrected chi connectivity index (χ2v) is 5.03. The largest absolute Gasteiger partial charge is 0.370 e. The summed E-state index contributed by atoms with van der Waals surface area (Å²) >= 11 is 0. The molecule has 1 amide bonds. The monoisotopic (exact) mass is 280 g/mol. The standard InChI is InChI=1S/C14H21FN4O/c1-3-16-13-12(9-11(15)10-17-13)14(20)19-6-4-5-18(2)7-8-19/h9-10H,3-8H2,1-2H3,(H,16,17). The van der Waals surface area contributed by atoms with Crippen molar-refractivity contribution >= 4 is 11.7 Å². The number of carbonyl (C=O) groups is 1. The van der Waals surface area contributed by atoms with Gasteiger partial charge in [0.1, 0.15) is 11.6 Å². The number of carbonyl (C=O) groups excluding carboxylic acids is 1. The van der Waals surface area contributed by atoms with Crippen LogP contribution in [-0.4, -0.2) is 60.5 Å². The number of aromatic nitrogens is 1. The zero-order valence-electron chi connectivity index (χ0n) is 12.0. The third-order valence-electron chi connectivity index (χ3n) is 3.44. The Morgan fingerprint density at radius 3 is 2.95 bits per heavy atom. The topological polar surface area (TPSA) is 48.5 Å². The van der Waals surface area contributed by atoms with Crippen LogP contribution in [-0.2, 0) is 0 Å².